The van der Waals surface area contributed by atoms with Crippen molar-refractivity contribution in [1.82, 2.24) is 0 Å². The van der Waals surface area contributed by atoms with Gasteiger partial charge in [-0.05, 0) is 0 Å². The minimum atomic E-state index is -3.93. The molecule has 192 valence electrons. The zero-order chi connectivity index (χ0) is 26.8. The van der Waals surface area contributed by atoms with Crippen LogP contribution in [0.5, 0.6) is 0 Å². The molecular formula is C34H34Cl2SiZr. The van der Waals surface area contributed by atoms with E-state index in [0.717, 1.165) is 6.42 Å². The van der Waals surface area contributed by atoms with Crippen LogP contribution < -0.4 is 13.6 Å². The Bertz CT molecular complexity index is 1600. The predicted octanol–water partition coefficient (Wildman–Crippen LogP) is 7.83. The summed E-state index contributed by atoms with van der Waals surface area (Å²) in [6.45, 7) is 11.3. The van der Waals surface area contributed by atoms with Crippen LogP contribution in [0.15, 0.2) is 78.4 Å². The molecule has 0 radical (unpaired) electrons. The van der Waals surface area contributed by atoms with Crippen LogP contribution in [0, 0.1) is 13.8 Å². The van der Waals surface area contributed by atoms with E-state index in [4.69, 9.17) is 17.0 Å². The third kappa shape index (κ3) is 4.28. The van der Waals surface area contributed by atoms with Crippen LogP contribution in [0.1, 0.15) is 64.6 Å². The molecular weight excluding hydrogens is 599 g/mol. The van der Waals surface area contributed by atoms with Gasteiger partial charge in [-0.25, -0.2) is 0 Å². The fraction of sp³-hybridized carbons (Fsp3) is 0.235. The summed E-state index contributed by atoms with van der Waals surface area (Å²) in [5.74, 6) is 0.427. The summed E-state index contributed by atoms with van der Waals surface area (Å²) in [6, 6.07) is 27.3. The molecule has 2 aliphatic rings. The van der Waals surface area contributed by atoms with Gasteiger partial charge in [-0.3, -0.25) is 0 Å². The monoisotopic (exact) mass is 630 g/mol. The summed E-state index contributed by atoms with van der Waals surface area (Å²) < 4.78 is 1.43. The number of aryl methyl sites for hydroxylation is 2. The van der Waals surface area contributed by atoms with Crippen molar-refractivity contribution in [2.75, 3.05) is 0 Å². The summed E-state index contributed by atoms with van der Waals surface area (Å²) in [7, 11) is 15.0. The Morgan fingerprint density at radius 1 is 0.868 bits per heavy atom. The number of halogens is 2. The van der Waals surface area contributed by atoms with E-state index >= 15 is 0 Å². The fourth-order valence-electron chi connectivity index (χ4n) is 6.81. The standard InChI is InChI=1S/C22H25.C12H9Si.2ClH.Zr/c1-6-17-12-18-7-8-20(14(2)3)22(21(18)13-17)19-10-15(4)9-16(5)11-19;1-3-7-11-9(5-1)10-6-2-4-8-12(10)13-11;;;/h7-14H,6H2,1-5H3;1-7H,13H2;2*1H;/q;;;;+2/p-2. The first kappa shape index (κ1) is 26.5. The molecule has 1 aliphatic heterocycles. The molecule has 38 heavy (non-hydrogen) atoms. The van der Waals surface area contributed by atoms with Gasteiger partial charge >= 0.3 is 243 Å². The van der Waals surface area contributed by atoms with Gasteiger partial charge in [0, 0.05) is 0 Å². The number of rotatable bonds is 5. The maximum absolute atomic E-state index is 7.80. The molecule has 0 amide bonds. The molecule has 0 N–H and O–H groups in total. The molecule has 0 fully saturated rings. The molecule has 1 atom stereocenters. The molecule has 0 aromatic heterocycles. The first-order chi connectivity index (χ1) is 18.2. The van der Waals surface area contributed by atoms with Crippen LogP contribution in [0.2, 0.25) is 0 Å². The molecule has 0 saturated carbocycles. The summed E-state index contributed by atoms with van der Waals surface area (Å²) in [6.07, 6.45) is 3.41. The molecule has 4 aromatic carbocycles. The van der Waals surface area contributed by atoms with Crippen molar-refractivity contribution >= 4 is 46.3 Å². The molecule has 1 unspecified atom stereocenters. The van der Waals surface area contributed by atoms with Crippen molar-refractivity contribution in [3.63, 3.8) is 0 Å². The van der Waals surface area contributed by atoms with Crippen LogP contribution in [0.4, 0.5) is 0 Å². The summed E-state index contributed by atoms with van der Waals surface area (Å²) >= 11 is -3.93. The van der Waals surface area contributed by atoms with E-state index in [1.807, 2.05) is 0 Å². The molecule has 0 nitrogen and oxygen atoms in total. The molecule has 4 aromatic rings. The second kappa shape index (κ2) is 10.0. The number of allylic oxidation sites excluding steroid dienone is 1. The zero-order valence-corrected chi connectivity index (χ0v) is 28.2. The van der Waals surface area contributed by atoms with Crippen molar-refractivity contribution in [3.05, 3.63) is 106 Å². The van der Waals surface area contributed by atoms with Gasteiger partial charge < -0.3 is 0 Å². The van der Waals surface area contributed by atoms with Gasteiger partial charge in [0.1, 0.15) is 0 Å². The number of hydrogen-bond donors (Lipinski definition) is 0. The SMILES string of the molecule is CCC1=Cc2c(ccc(C(C)C)c2-c2cc(C)cc(C)c2)[CH]1[Zr]([Cl])([Cl])[c]1cccc2c1[SiH2]c1ccccc1-2. The third-order valence-electron chi connectivity index (χ3n) is 8.44. The summed E-state index contributed by atoms with van der Waals surface area (Å²) in [5, 5.41) is 3.01. The van der Waals surface area contributed by atoms with Crippen LogP contribution in [0.25, 0.3) is 28.3 Å². The Hall–Kier alpha value is -1.70. The van der Waals surface area contributed by atoms with Crippen molar-refractivity contribution in [1.29, 1.82) is 0 Å². The van der Waals surface area contributed by atoms with Gasteiger partial charge in [-0.15, -0.1) is 0 Å². The van der Waals surface area contributed by atoms with Crippen molar-refractivity contribution in [2.24, 2.45) is 0 Å². The Morgan fingerprint density at radius 2 is 1.58 bits per heavy atom. The zero-order valence-electron chi connectivity index (χ0n) is 22.8. The van der Waals surface area contributed by atoms with Gasteiger partial charge in [0.25, 0.3) is 0 Å². The molecule has 0 saturated heterocycles. The molecule has 1 aliphatic carbocycles. The normalized spacial score (nSPS) is 16.5. The third-order valence-corrected chi connectivity index (χ3v) is 22.8. The maximum atomic E-state index is 7.80. The van der Waals surface area contributed by atoms with Gasteiger partial charge in [-0.2, -0.15) is 0 Å². The predicted molar refractivity (Wildman–Crippen MR) is 167 cm³/mol. The minimum absolute atomic E-state index is 0.128. The molecule has 6 rings (SSSR count). The van der Waals surface area contributed by atoms with Gasteiger partial charge in [0.05, 0.1) is 0 Å². The molecule has 1 heterocycles. The van der Waals surface area contributed by atoms with Crippen LogP contribution in [0.3, 0.4) is 0 Å². The van der Waals surface area contributed by atoms with Gasteiger partial charge in [0.15, 0.2) is 0 Å². The van der Waals surface area contributed by atoms with Crippen molar-refractivity contribution in [2.45, 2.75) is 50.6 Å². The van der Waals surface area contributed by atoms with Crippen LogP contribution in [-0.4, -0.2) is 9.52 Å². The van der Waals surface area contributed by atoms with E-state index in [1.54, 1.807) is 0 Å². The Labute approximate surface area is 241 Å². The average molecular weight is 633 g/mol. The van der Waals surface area contributed by atoms with Gasteiger partial charge in [0.2, 0.25) is 0 Å². The van der Waals surface area contributed by atoms with Crippen LogP contribution >= 0.6 is 17.0 Å². The summed E-state index contributed by atoms with van der Waals surface area (Å²) in [5.41, 5.74) is 13.5. The van der Waals surface area contributed by atoms with E-state index in [-0.39, 0.29) is 3.63 Å². The molecule has 0 bridgehead atoms. The topological polar surface area (TPSA) is 0 Å². The summed E-state index contributed by atoms with van der Waals surface area (Å²) in [4.78, 5) is 0. The fourth-order valence-corrected chi connectivity index (χ4v) is 23.8. The molecule has 4 heteroatoms. The molecule has 0 spiro atoms. The first-order valence-electron chi connectivity index (χ1n) is 13.7. The average Bonchev–Trinajstić information content (AvgIpc) is 3.46. The Kier molecular flexibility index (Phi) is 7.01. The van der Waals surface area contributed by atoms with Crippen molar-refractivity contribution < 1.29 is 17.9 Å². The van der Waals surface area contributed by atoms with E-state index in [9.17, 15) is 0 Å². The van der Waals surface area contributed by atoms with E-state index in [0.29, 0.717) is 5.92 Å². The first-order valence-corrected chi connectivity index (χ1v) is 24.1. The van der Waals surface area contributed by atoms with Crippen LogP contribution in [-0.2, 0) is 17.9 Å². The number of hydrogen-bond acceptors (Lipinski definition) is 0. The number of benzene rings is 4. The van der Waals surface area contributed by atoms with Crippen molar-refractivity contribution in [3.8, 4) is 22.3 Å². The Balaban J connectivity index is 1.55. The quantitative estimate of drug-likeness (QED) is 0.173. The van der Waals surface area contributed by atoms with E-state index < -0.39 is 27.4 Å². The Morgan fingerprint density at radius 3 is 2.29 bits per heavy atom. The second-order valence-corrected chi connectivity index (χ2v) is 27.2. The number of fused-ring (bicyclic) bond motifs is 4. The van der Waals surface area contributed by atoms with E-state index in [1.165, 1.54) is 69.3 Å². The van der Waals surface area contributed by atoms with Gasteiger partial charge in [-0.1, -0.05) is 0 Å². The second-order valence-electron chi connectivity index (χ2n) is 11.4. The van der Waals surface area contributed by atoms with E-state index in [2.05, 4.69) is 113 Å².